The van der Waals surface area contributed by atoms with E-state index in [9.17, 15) is 9.59 Å². The Morgan fingerprint density at radius 2 is 1.76 bits per heavy atom. The number of para-hydroxylation sites is 1. The first-order valence-corrected chi connectivity index (χ1v) is 8.54. The summed E-state index contributed by atoms with van der Waals surface area (Å²) in [6.45, 7) is 5.36. The molecule has 2 rings (SSSR count). The number of halogens is 1. The van der Waals surface area contributed by atoms with Gasteiger partial charge in [-0.1, -0.05) is 18.2 Å². The summed E-state index contributed by atoms with van der Waals surface area (Å²) in [5, 5.41) is 2.82. The molecule has 1 N–H and O–H groups in total. The summed E-state index contributed by atoms with van der Waals surface area (Å²) in [5.41, 5.74) is 2.92. The van der Waals surface area contributed by atoms with E-state index in [0.29, 0.717) is 15.8 Å². The Kier molecular flexibility index (Phi) is 6.20. The van der Waals surface area contributed by atoms with E-state index in [1.54, 1.807) is 18.2 Å². The first-order valence-electron chi connectivity index (χ1n) is 7.75. The molecule has 0 aliphatic rings. The van der Waals surface area contributed by atoms with E-state index in [-0.39, 0.29) is 5.91 Å². The molecule has 0 heterocycles. The van der Waals surface area contributed by atoms with Gasteiger partial charge in [0.25, 0.3) is 5.91 Å². The van der Waals surface area contributed by atoms with Gasteiger partial charge in [-0.2, -0.15) is 0 Å². The Balaban J connectivity index is 2.10. The fourth-order valence-electron chi connectivity index (χ4n) is 2.30. The molecule has 1 atom stereocenters. The highest BCUT2D eigenvalue weighted by Gasteiger charge is 2.22. The molecule has 6 heteroatoms. The van der Waals surface area contributed by atoms with Crippen LogP contribution in [0.2, 0.25) is 0 Å². The highest BCUT2D eigenvalue weighted by Crippen LogP contribution is 2.24. The van der Waals surface area contributed by atoms with Crippen molar-refractivity contribution in [3.05, 3.63) is 57.6 Å². The summed E-state index contributed by atoms with van der Waals surface area (Å²) in [5.74, 6) is -0.456. The molecule has 0 saturated heterocycles. The van der Waals surface area contributed by atoms with Crippen LogP contribution in [-0.2, 0) is 9.53 Å². The third-order valence-corrected chi connectivity index (χ3v) is 4.47. The molecule has 0 aliphatic carbocycles. The van der Waals surface area contributed by atoms with Crippen LogP contribution in [0.15, 0.2) is 40.9 Å². The molecule has 0 radical (unpaired) electrons. The number of methoxy groups -OCH3 is 1. The zero-order valence-electron chi connectivity index (χ0n) is 14.6. The van der Waals surface area contributed by atoms with Gasteiger partial charge < -0.3 is 14.8 Å². The second kappa shape index (κ2) is 8.16. The first kappa shape index (κ1) is 19.0. The molecule has 0 fully saturated rings. The van der Waals surface area contributed by atoms with Gasteiger partial charge in [0.2, 0.25) is 0 Å². The van der Waals surface area contributed by atoms with Gasteiger partial charge in [-0.3, -0.25) is 4.79 Å². The predicted octanol–water partition coefficient (Wildman–Crippen LogP) is 4.26. The van der Waals surface area contributed by atoms with E-state index in [1.807, 2.05) is 32.0 Å². The highest BCUT2D eigenvalue weighted by molar-refractivity contribution is 9.10. The third-order valence-electron chi connectivity index (χ3n) is 3.78. The maximum atomic E-state index is 12.4. The smallest absolute Gasteiger partial charge is 0.340 e. The summed E-state index contributed by atoms with van der Waals surface area (Å²) in [4.78, 5) is 24.7. The van der Waals surface area contributed by atoms with Gasteiger partial charge in [0.1, 0.15) is 5.75 Å². The number of anilines is 1. The summed E-state index contributed by atoms with van der Waals surface area (Å²) < 4.78 is 11.0. The number of ether oxygens (including phenoxy) is 2. The zero-order valence-corrected chi connectivity index (χ0v) is 16.1. The van der Waals surface area contributed by atoms with Crippen LogP contribution >= 0.6 is 15.9 Å². The van der Waals surface area contributed by atoms with Crippen molar-refractivity contribution < 1.29 is 19.1 Å². The fourth-order valence-corrected chi connectivity index (χ4v) is 2.71. The van der Waals surface area contributed by atoms with Gasteiger partial charge in [-0.05, 0) is 66.0 Å². The van der Waals surface area contributed by atoms with E-state index >= 15 is 0 Å². The SMILES string of the molecule is COc1ccc(Br)c(C(=O)O[C@H](C)C(=O)Nc2c(C)cccc2C)c1. The molecule has 0 spiro atoms. The summed E-state index contributed by atoms with van der Waals surface area (Å²) in [6.07, 6.45) is -0.940. The molecular weight excluding hydrogens is 386 g/mol. The Morgan fingerprint density at radius 3 is 2.36 bits per heavy atom. The number of aryl methyl sites for hydroxylation is 2. The number of benzene rings is 2. The van der Waals surface area contributed by atoms with Crippen molar-refractivity contribution in [2.45, 2.75) is 26.9 Å². The largest absolute Gasteiger partial charge is 0.497 e. The molecule has 132 valence electrons. The monoisotopic (exact) mass is 405 g/mol. The average Bonchev–Trinajstić information content (AvgIpc) is 2.58. The standard InChI is InChI=1S/C19H20BrNO4/c1-11-6-5-7-12(2)17(11)21-18(22)13(3)25-19(23)15-10-14(24-4)8-9-16(15)20/h5-10,13H,1-4H3,(H,21,22)/t13-/m1/s1. The lowest BCUT2D eigenvalue weighted by molar-refractivity contribution is -0.123. The quantitative estimate of drug-likeness (QED) is 0.754. The second-order valence-corrected chi connectivity index (χ2v) is 6.50. The van der Waals surface area contributed by atoms with Gasteiger partial charge in [0.15, 0.2) is 6.10 Å². The van der Waals surface area contributed by atoms with Crippen molar-refractivity contribution in [1.29, 1.82) is 0 Å². The van der Waals surface area contributed by atoms with Crippen LogP contribution in [0.4, 0.5) is 5.69 Å². The molecule has 0 aliphatic heterocycles. The summed E-state index contributed by atoms with van der Waals surface area (Å²) >= 11 is 3.30. The number of rotatable bonds is 5. The molecule has 0 bridgehead atoms. The minimum atomic E-state index is -0.940. The van der Waals surface area contributed by atoms with E-state index in [1.165, 1.54) is 14.0 Å². The van der Waals surface area contributed by atoms with Crippen molar-refractivity contribution in [2.75, 3.05) is 12.4 Å². The molecular formula is C19H20BrNO4. The third kappa shape index (κ3) is 4.60. The van der Waals surface area contributed by atoms with E-state index in [0.717, 1.165) is 16.8 Å². The van der Waals surface area contributed by atoms with Crippen LogP contribution in [0.25, 0.3) is 0 Å². The topological polar surface area (TPSA) is 64.6 Å². The molecule has 2 aromatic carbocycles. The van der Waals surface area contributed by atoms with Gasteiger partial charge >= 0.3 is 5.97 Å². The van der Waals surface area contributed by atoms with E-state index < -0.39 is 12.1 Å². The Hall–Kier alpha value is -2.34. The maximum Gasteiger partial charge on any atom is 0.340 e. The minimum absolute atomic E-state index is 0.297. The van der Waals surface area contributed by atoms with Crippen molar-refractivity contribution in [1.82, 2.24) is 0 Å². The molecule has 25 heavy (non-hydrogen) atoms. The summed E-state index contributed by atoms with van der Waals surface area (Å²) in [6, 6.07) is 10.7. The number of hydrogen-bond acceptors (Lipinski definition) is 4. The number of esters is 1. The van der Waals surface area contributed by atoms with Crippen LogP contribution in [0.3, 0.4) is 0 Å². The molecule has 0 aromatic heterocycles. The maximum absolute atomic E-state index is 12.4. The number of carbonyl (C=O) groups excluding carboxylic acids is 2. The first-order chi connectivity index (χ1) is 11.8. The molecule has 2 aromatic rings. The number of nitrogens with one attached hydrogen (secondary N) is 1. The average molecular weight is 406 g/mol. The second-order valence-electron chi connectivity index (χ2n) is 5.65. The van der Waals surface area contributed by atoms with Crippen molar-refractivity contribution in [2.24, 2.45) is 0 Å². The normalized spacial score (nSPS) is 11.6. The fraction of sp³-hybridized carbons (Fsp3) is 0.263. The van der Waals surface area contributed by atoms with Gasteiger partial charge in [0.05, 0.1) is 12.7 Å². The van der Waals surface area contributed by atoms with Crippen molar-refractivity contribution in [3.63, 3.8) is 0 Å². The molecule has 0 unspecified atom stereocenters. The lowest BCUT2D eigenvalue weighted by Crippen LogP contribution is -2.30. The lowest BCUT2D eigenvalue weighted by Gasteiger charge is -2.16. The minimum Gasteiger partial charge on any atom is -0.497 e. The van der Waals surface area contributed by atoms with Crippen LogP contribution in [-0.4, -0.2) is 25.1 Å². The van der Waals surface area contributed by atoms with Crippen LogP contribution in [0.5, 0.6) is 5.75 Å². The van der Waals surface area contributed by atoms with Crippen LogP contribution < -0.4 is 10.1 Å². The van der Waals surface area contributed by atoms with Crippen LogP contribution in [0, 0.1) is 13.8 Å². The van der Waals surface area contributed by atoms with E-state index in [4.69, 9.17) is 9.47 Å². The van der Waals surface area contributed by atoms with Gasteiger partial charge in [0, 0.05) is 10.2 Å². The van der Waals surface area contributed by atoms with Crippen LogP contribution in [0.1, 0.15) is 28.4 Å². The number of amides is 1. The number of carbonyl (C=O) groups is 2. The molecule has 5 nitrogen and oxygen atoms in total. The van der Waals surface area contributed by atoms with Crippen molar-refractivity contribution in [3.8, 4) is 5.75 Å². The summed E-state index contributed by atoms with van der Waals surface area (Å²) in [7, 11) is 1.51. The zero-order chi connectivity index (χ0) is 18.6. The number of hydrogen-bond donors (Lipinski definition) is 1. The predicted molar refractivity (Wildman–Crippen MR) is 100 cm³/mol. The van der Waals surface area contributed by atoms with Gasteiger partial charge in [-0.15, -0.1) is 0 Å². The Labute approximate surface area is 155 Å². The Bertz CT molecular complexity index is 784. The molecule has 0 saturated carbocycles. The lowest BCUT2D eigenvalue weighted by atomic mass is 10.1. The van der Waals surface area contributed by atoms with Gasteiger partial charge in [-0.25, -0.2) is 4.79 Å². The highest BCUT2D eigenvalue weighted by atomic mass is 79.9. The van der Waals surface area contributed by atoms with E-state index in [2.05, 4.69) is 21.2 Å². The molecule has 1 amide bonds. The van der Waals surface area contributed by atoms with Crippen molar-refractivity contribution >= 4 is 33.5 Å². The Morgan fingerprint density at radius 1 is 1.12 bits per heavy atom.